The number of benzene rings is 2. The largest absolute Gasteiger partial charge is 0.497 e. The van der Waals surface area contributed by atoms with Crippen LogP contribution < -0.4 is 25.7 Å². The number of aryl methyl sites for hydroxylation is 2. The molecule has 4 rings (SSSR count). The van der Waals surface area contributed by atoms with Gasteiger partial charge in [-0.3, -0.25) is 14.7 Å². The zero-order chi connectivity index (χ0) is 24.9. The Balaban J connectivity index is 1.45. The van der Waals surface area contributed by atoms with E-state index in [4.69, 9.17) is 9.47 Å². The van der Waals surface area contributed by atoms with Gasteiger partial charge in [-0.25, -0.2) is 4.98 Å². The fourth-order valence-electron chi connectivity index (χ4n) is 3.67. The van der Waals surface area contributed by atoms with Crippen LogP contribution in [0.2, 0.25) is 0 Å². The van der Waals surface area contributed by atoms with E-state index in [1.165, 1.54) is 17.2 Å². The van der Waals surface area contributed by atoms with E-state index in [0.717, 1.165) is 5.56 Å². The molecule has 35 heavy (non-hydrogen) atoms. The van der Waals surface area contributed by atoms with Crippen LogP contribution in [0.5, 0.6) is 11.5 Å². The van der Waals surface area contributed by atoms with Crippen molar-refractivity contribution in [1.29, 1.82) is 0 Å². The highest BCUT2D eigenvalue weighted by molar-refractivity contribution is 5.92. The van der Waals surface area contributed by atoms with Gasteiger partial charge in [0.2, 0.25) is 11.9 Å². The molecule has 3 N–H and O–H groups in total. The van der Waals surface area contributed by atoms with Crippen molar-refractivity contribution in [3.8, 4) is 11.5 Å². The Kier molecular flexibility index (Phi) is 7.00. The van der Waals surface area contributed by atoms with Crippen molar-refractivity contribution in [2.75, 3.05) is 24.9 Å². The Hall–Kier alpha value is -4.34. The first kappa shape index (κ1) is 23.8. The average molecular weight is 477 g/mol. The number of nitrogens with zero attached hydrogens (tertiary/aromatic N) is 3. The summed E-state index contributed by atoms with van der Waals surface area (Å²) in [6.07, 6.45) is 0.335. The first-order valence-electron chi connectivity index (χ1n) is 11.2. The van der Waals surface area contributed by atoms with Gasteiger partial charge in [-0.05, 0) is 38.0 Å². The zero-order valence-corrected chi connectivity index (χ0v) is 20.1. The number of aromatic amines is 1. The summed E-state index contributed by atoms with van der Waals surface area (Å²) in [5.41, 5.74) is 3.52. The molecule has 0 aliphatic heterocycles. The van der Waals surface area contributed by atoms with E-state index < -0.39 is 0 Å². The molecule has 4 aromatic rings. The first-order valence-corrected chi connectivity index (χ1v) is 11.2. The molecule has 10 heteroatoms. The smallest absolute Gasteiger partial charge is 0.277 e. The molecule has 1 amide bonds. The van der Waals surface area contributed by atoms with Gasteiger partial charge in [0.25, 0.3) is 11.3 Å². The molecule has 0 saturated carbocycles. The Labute approximate surface area is 202 Å². The summed E-state index contributed by atoms with van der Waals surface area (Å²) in [4.78, 5) is 34.5. The molecule has 2 aromatic heterocycles. The Morgan fingerprint density at radius 1 is 1.06 bits per heavy atom. The summed E-state index contributed by atoms with van der Waals surface area (Å²) < 4.78 is 11.8. The van der Waals surface area contributed by atoms with Gasteiger partial charge in [0.15, 0.2) is 0 Å². The zero-order valence-electron chi connectivity index (χ0n) is 20.1. The minimum atomic E-state index is -0.279. The summed E-state index contributed by atoms with van der Waals surface area (Å²) in [6, 6.07) is 13.3. The molecule has 0 aliphatic carbocycles. The molecule has 10 nitrogen and oxygen atoms in total. The van der Waals surface area contributed by atoms with Gasteiger partial charge < -0.3 is 20.1 Å². The van der Waals surface area contributed by atoms with Gasteiger partial charge in [-0.2, -0.15) is 9.50 Å². The second-order valence-electron chi connectivity index (χ2n) is 8.14. The van der Waals surface area contributed by atoms with Crippen molar-refractivity contribution in [3.05, 3.63) is 75.2 Å². The fraction of sp³-hybridized carbons (Fsp3) is 0.280. The lowest BCUT2D eigenvalue weighted by Gasteiger charge is -2.11. The molecule has 0 fully saturated rings. The van der Waals surface area contributed by atoms with Gasteiger partial charge in [0, 0.05) is 24.6 Å². The van der Waals surface area contributed by atoms with Gasteiger partial charge in [0.05, 0.1) is 25.6 Å². The maximum absolute atomic E-state index is 13.1. The molecule has 0 atom stereocenters. The standard InChI is InChI=1S/C25H28N6O4/c1-15-5-7-17(8-6-15)14-26-24-29-25-27-16(2)19(23(33)31(25)30-24)10-12-22(32)28-20-11-9-18(34-3)13-21(20)35-4/h5-9,11,13H,10,12,14H2,1-4H3,(H,28,32)(H2,26,27,29,30). The first-order chi connectivity index (χ1) is 16.9. The number of H-pyrrole nitrogens is 1. The number of rotatable bonds is 9. The third kappa shape index (κ3) is 5.43. The van der Waals surface area contributed by atoms with Crippen LogP contribution in [0.3, 0.4) is 0 Å². The maximum Gasteiger partial charge on any atom is 0.277 e. The molecule has 0 unspecified atom stereocenters. The SMILES string of the molecule is COc1ccc(NC(=O)CCc2c(C)nc3nc(NCc4ccc(C)cc4)[nH]n3c2=O)c(OC)c1. The second kappa shape index (κ2) is 10.3. The van der Waals surface area contributed by atoms with E-state index in [2.05, 4.69) is 25.7 Å². The third-order valence-corrected chi connectivity index (χ3v) is 5.66. The molecule has 2 heterocycles. The minimum Gasteiger partial charge on any atom is -0.497 e. The van der Waals surface area contributed by atoms with Crippen LogP contribution in [0.25, 0.3) is 5.78 Å². The van der Waals surface area contributed by atoms with Crippen molar-refractivity contribution in [2.45, 2.75) is 33.2 Å². The topological polar surface area (TPSA) is 123 Å². The van der Waals surface area contributed by atoms with Gasteiger partial charge in [-0.1, -0.05) is 29.8 Å². The number of carbonyl (C=O) groups is 1. The van der Waals surface area contributed by atoms with Crippen molar-refractivity contribution in [3.63, 3.8) is 0 Å². The molecular formula is C25H28N6O4. The third-order valence-electron chi connectivity index (χ3n) is 5.66. The molecule has 0 spiro atoms. The van der Waals surface area contributed by atoms with Crippen molar-refractivity contribution >= 4 is 23.3 Å². The highest BCUT2D eigenvalue weighted by Crippen LogP contribution is 2.29. The van der Waals surface area contributed by atoms with Crippen molar-refractivity contribution in [2.24, 2.45) is 0 Å². The number of hydrogen-bond acceptors (Lipinski definition) is 7. The summed E-state index contributed by atoms with van der Waals surface area (Å²) in [7, 11) is 3.07. The summed E-state index contributed by atoms with van der Waals surface area (Å²) in [5.74, 6) is 1.57. The molecule has 2 aromatic carbocycles. The van der Waals surface area contributed by atoms with E-state index in [9.17, 15) is 9.59 Å². The predicted octanol–water partition coefficient (Wildman–Crippen LogP) is 3.24. The Bertz CT molecular complexity index is 1410. The number of hydrogen-bond donors (Lipinski definition) is 3. The van der Waals surface area contributed by atoms with Crippen molar-refractivity contribution < 1.29 is 14.3 Å². The monoisotopic (exact) mass is 476 g/mol. The van der Waals surface area contributed by atoms with Gasteiger partial charge in [0.1, 0.15) is 11.5 Å². The van der Waals surface area contributed by atoms with E-state index in [-0.39, 0.29) is 30.1 Å². The predicted molar refractivity (Wildman–Crippen MR) is 133 cm³/mol. The lowest BCUT2D eigenvalue weighted by atomic mass is 10.1. The van der Waals surface area contributed by atoms with E-state index in [1.807, 2.05) is 31.2 Å². The Morgan fingerprint density at radius 3 is 2.54 bits per heavy atom. The minimum absolute atomic E-state index is 0.103. The number of fused-ring (bicyclic) bond motifs is 1. The van der Waals surface area contributed by atoms with Crippen LogP contribution >= 0.6 is 0 Å². The molecule has 182 valence electrons. The number of aromatic nitrogens is 4. The number of anilines is 2. The summed E-state index contributed by atoms with van der Waals surface area (Å²) >= 11 is 0. The second-order valence-corrected chi connectivity index (χ2v) is 8.14. The number of ether oxygens (including phenoxy) is 2. The van der Waals surface area contributed by atoms with Gasteiger partial charge >= 0.3 is 0 Å². The lowest BCUT2D eigenvalue weighted by Crippen LogP contribution is -2.23. The van der Waals surface area contributed by atoms with Crippen LogP contribution in [0.4, 0.5) is 11.6 Å². The van der Waals surface area contributed by atoms with Crippen LogP contribution in [0.1, 0.15) is 28.8 Å². The van der Waals surface area contributed by atoms with Crippen LogP contribution in [-0.4, -0.2) is 39.7 Å². The van der Waals surface area contributed by atoms with Crippen LogP contribution in [0, 0.1) is 13.8 Å². The highest BCUT2D eigenvalue weighted by atomic mass is 16.5. The maximum atomic E-state index is 13.1. The number of nitrogens with one attached hydrogen (secondary N) is 3. The van der Waals surface area contributed by atoms with E-state index in [1.54, 1.807) is 32.2 Å². The fourth-order valence-corrected chi connectivity index (χ4v) is 3.67. The lowest BCUT2D eigenvalue weighted by molar-refractivity contribution is -0.116. The normalized spacial score (nSPS) is 10.9. The molecule has 0 radical (unpaired) electrons. The Morgan fingerprint density at radius 2 is 1.83 bits per heavy atom. The molecule has 0 saturated heterocycles. The number of carbonyl (C=O) groups excluding carboxylic acids is 1. The number of methoxy groups -OCH3 is 2. The van der Waals surface area contributed by atoms with Crippen LogP contribution in [0.15, 0.2) is 47.3 Å². The quantitative estimate of drug-likeness (QED) is 0.339. The average Bonchev–Trinajstić information content (AvgIpc) is 3.26. The van der Waals surface area contributed by atoms with Gasteiger partial charge in [-0.15, -0.1) is 0 Å². The van der Waals surface area contributed by atoms with Crippen molar-refractivity contribution in [1.82, 2.24) is 19.6 Å². The highest BCUT2D eigenvalue weighted by Gasteiger charge is 2.16. The molecule has 0 aliphatic rings. The molecule has 0 bridgehead atoms. The summed E-state index contributed by atoms with van der Waals surface area (Å²) in [5, 5.41) is 8.96. The van der Waals surface area contributed by atoms with Crippen LogP contribution in [-0.2, 0) is 17.8 Å². The summed E-state index contributed by atoms with van der Waals surface area (Å²) in [6.45, 7) is 4.33. The molecular weight excluding hydrogens is 448 g/mol. The van der Waals surface area contributed by atoms with E-state index in [0.29, 0.717) is 40.9 Å². The van der Waals surface area contributed by atoms with E-state index >= 15 is 0 Å². The number of amides is 1.